The van der Waals surface area contributed by atoms with Crippen LogP contribution >= 0.6 is 0 Å². The quantitative estimate of drug-likeness (QED) is 0.825. The van der Waals surface area contributed by atoms with Crippen molar-refractivity contribution < 1.29 is 12.8 Å². The summed E-state index contributed by atoms with van der Waals surface area (Å²) < 4.78 is 27.6. The van der Waals surface area contributed by atoms with Gasteiger partial charge >= 0.3 is 0 Å². The summed E-state index contributed by atoms with van der Waals surface area (Å²) in [6.45, 7) is 6.01. The van der Waals surface area contributed by atoms with Gasteiger partial charge in [-0.1, -0.05) is 0 Å². The third-order valence-electron chi connectivity index (χ3n) is 3.28. The van der Waals surface area contributed by atoms with E-state index in [0.29, 0.717) is 6.54 Å². The highest BCUT2D eigenvalue weighted by Gasteiger charge is 2.30. The van der Waals surface area contributed by atoms with Crippen molar-refractivity contribution in [2.45, 2.75) is 44.4 Å². The highest BCUT2D eigenvalue weighted by Crippen LogP contribution is 2.14. The molecule has 0 aliphatic rings. The summed E-state index contributed by atoms with van der Waals surface area (Å²) in [6.07, 6.45) is 4.73. The molecule has 0 spiro atoms. The normalized spacial score (nSPS) is 14.7. The van der Waals surface area contributed by atoms with E-state index in [1.165, 1.54) is 6.26 Å². The lowest BCUT2D eigenvalue weighted by atomic mass is 10.1. The van der Waals surface area contributed by atoms with Gasteiger partial charge in [0, 0.05) is 25.3 Å². The fraction of sp³-hybridized carbons (Fsp3) is 0.692. The van der Waals surface area contributed by atoms with Crippen molar-refractivity contribution >= 4 is 9.84 Å². The molecule has 0 aliphatic heterocycles. The second-order valence-corrected chi connectivity index (χ2v) is 8.08. The SMILES string of the molecule is CC(CCc1ccco1)NCC(C)(C)S(C)(=O)=O. The summed E-state index contributed by atoms with van der Waals surface area (Å²) >= 11 is 0. The Kier molecular flexibility index (Phi) is 4.99. The highest BCUT2D eigenvalue weighted by atomic mass is 32.2. The summed E-state index contributed by atoms with van der Waals surface area (Å²) in [6, 6.07) is 4.09. The Morgan fingerprint density at radius 2 is 2.11 bits per heavy atom. The molecule has 1 N–H and O–H groups in total. The van der Waals surface area contributed by atoms with E-state index >= 15 is 0 Å². The van der Waals surface area contributed by atoms with Crippen molar-refractivity contribution in [2.75, 3.05) is 12.8 Å². The molecule has 0 fully saturated rings. The second kappa shape index (κ2) is 5.89. The summed E-state index contributed by atoms with van der Waals surface area (Å²) in [5.41, 5.74) is 0. The first-order valence-electron chi connectivity index (χ1n) is 6.18. The minimum Gasteiger partial charge on any atom is -0.469 e. The summed E-state index contributed by atoms with van der Waals surface area (Å²) in [7, 11) is -3.04. The maximum Gasteiger partial charge on any atom is 0.153 e. The zero-order valence-corrected chi connectivity index (χ0v) is 12.4. The first kappa shape index (κ1) is 15.2. The van der Waals surface area contributed by atoms with E-state index in [1.807, 2.05) is 12.1 Å². The lowest BCUT2D eigenvalue weighted by molar-refractivity contribution is 0.439. The van der Waals surface area contributed by atoms with Crippen molar-refractivity contribution in [3.63, 3.8) is 0 Å². The zero-order chi connectivity index (χ0) is 13.8. The van der Waals surface area contributed by atoms with Crippen molar-refractivity contribution in [1.29, 1.82) is 0 Å². The molecule has 0 bridgehead atoms. The molecule has 1 unspecified atom stereocenters. The molecule has 0 radical (unpaired) electrons. The fourth-order valence-electron chi connectivity index (χ4n) is 1.47. The molecule has 4 nitrogen and oxygen atoms in total. The molecule has 0 aliphatic carbocycles. The van der Waals surface area contributed by atoms with Crippen LogP contribution in [0, 0.1) is 0 Å². The molecule has 0 aromatic carbocycles. The predicted molar refractivity (Wildman–Crippen MR) is 73.4 cm³/mol. The van der Waals surface area contributed by atoms with Gasteiger partial charge in [0.05, 0.1) is 11.0 Å². The molecule has 1 rings (SSSR count). The third-order valence-corrected chi connectivity index (χ3v) is 5.44. The van der Waals surface area contributed by atoms with E-state index in [1.54, 1.807) is 20.1 Å². The highest BCUT2D eigenvalue weighted by molar-refractivity contribution is 7.92. The molecular weight excluding hydrogens is 250 g/mol. The van der Waals surface area contributed by atoms with Crippen LogP contribution in [0.25, 0.3) is 0 Å². The Hall–Kier alpha value is -0.810. The number of aryl methyl sites for hydroxylation is 1. The molecule has 0 amide bonds. The van der Waals surface area contributed by atoms with Gasteiger partial charge in [-0.2, -0.15) is 0 Å². The molecular formula is C13H23NO3S. The fourth-order valence-corrected chi connectivity index (χ4v) is 1.81. The average Bonchev–Trinajstić information content (AvgIpc) is 2.74. The zero-order valence-electron chi connectivity index (χ0n) is 11.6. The molecule has 5 heteroatoms. The molecule has 1 heterocycles. The van der Waals surface area contributed by atoms with E-state index in [0.717, 1.165) is 18.6 Å². The lowest BCUT2D eigenvalue weighted by Gasteiger charge is -2.25. The van der Waals surface area contributed by atoms with Crippen molar-refractivity contribution in [3.05, 3.63) is 24.2 Å². The predicted octanol–water partition coefficient (Wildman–Crippen LogP) is 2.01. The van der Waals surface area contributed by atoms with Crippen LogP contribution in [0.15, 0.2) is 22.8 Å². The molecule has 0 saturated carbocycles. The monoisotopic (exact) mass is 273 g/mol. The topological polar surface area (TPSA) is 59.3 Å². The summed E-state index contributed by atoms with van der Waals surface area (Å²) in [5.74, 6) is 0.964. The Morgan fingerprint density at radius 1 is 1.44 bits per heavy atom. The van der Waals surface area contributed by atoms with E-state index in [4.69, 9.17) is 4.42 Å². The van der Waals surface area contributed by atoms with Gasteiger partial charge in [-0.3, -0.25) is 0 Å². The summed E-state index contributed by atoms with van der Waals surface area (Å²) in [4.78, 5) is 0. The number of sulfone groups is 1. The van der Waals surface area contributed by atoms with Crippen LogP contribution in [-0.4, -0.2) is 32.0 Å². The molecule has 1 aromatic rings. The van der Waals surface area contributed by atoms with Crippen molar-refractivity contribution in [3.8, 4) is 0 Å². The van der Waals surface area contributed by atoms with Gasteiger partial charge < -0.3 is 9.73 Å². The smallest absolute Gasteiger partial charge is 0.153 e. The number of rotatable bonds is 7. The van der Waals surface area contributed by atoms with Gasteiger partial charge in [-0.05, 0) is 39.3 Å². The Balaban J connectivity index is 2.35. The van der Waals surface area contributed by atoms with Crippen LogP contribution < -0.4 is 5.32 Å². The van der Waals surface area contributed by atoms with Gasteiger partial charge in [0.2, 0.25) is 0 Å². The first-order chi connectivity index (χ1) is 8.22. The van der Waals surface area contributed by atoms with Crippen LogP contribution in [0.5, 0.6) is 0 Å². The van der Waals surface area contributed by atoms with Gasteiger partial charge in [0.1, 0.15) is 5.76 Å². The average molecular weight is 273 g/mol. The van der Waals surface area contributed by atoms with Crippen LogP contribution in [0.4, 0.5) is 0 Å². The second-order valence-electron chi connectivity index (χ2n) is 5.43. The first-order valence-corrected chi connectivity index (χ1v) is 8.07. The van der Waals surface area contributed by atoms with Gasteiger partial charge in [0.15, 0.2) is 9.84 Å². The molecule has 1 aromatic heterocycles. The number of furan rings is 1. The maximum atomic E-state index is 11.6. The standard InChI is InChI=1S/C13H23NO3S/c1-11(7-8-12-6-5-9-17-12)14-10-13(2,3)18(4,15)16/h5-6,9,11,14H,7-8,10H2,1-4H3. The minimum absolute atomic E-state index is 0.260. The minimum atomic E-state index is -3.04. The molecule has 0 saturated heterocycles. The largest absolute Gasteiger partial charge is 0.469 e. The maximum absolute atomic E-state index is 11.6. The van der Waals surface area contributed by atoms with Crippen LogP contribution in [0.1, 0.15) is 33.0 Å². The summed E-state index contributed by atoms with van der Waals surface area (Å²) in [5, 5.41) is 3.27. The van der Waals surface area contributed by atoms with Gasteiger partial charge in [-0.25, -0.2) is 8.42 Å². The number of nitrogens with one attached hydrogen (secondary N) is 1. The van der Waals surface area contributed by atoms with Crippen LogP contribution in [0.3, 0.4) is 0 Å². The lowest BCUT2D eigenvalue weighted by Crippen LogP contribution is -2.44. The van der Waals surface area contributed by atoms with Crippen molar-refractivity contribution in [1.82, 2.24) is 5.32 Å². The Labute approximate surface area is 110 Å². The van der Waals surface area contributed by atoms with E-state index in [2.05, 4.69) is 12.2 Å². The van der Waals surface area contributed by atoms with Crippen molar-refractivity contribution in [2.24, 2.45) is 0 Å². The number of hydrogen-bond donors (Lipinski definition) is 1. The van der Waals surface area contributed by atoms with Gasteiger partial charge in [-0.15, -0.1) is 0 Å². The van der Waals surface area contributed by atoms with Gasteiger partial charge in [0.25, 0.3) is 0 Å². The Bertz CT molecular complexity index is 449. The van der Waals surface area contributed by atoms with Crippen LogP contribution in [-0.2, 0) is 16.3 Å². The molecule has 104 valence electrons. The van der Waals surface area contributed by atoms with E-state index in [9.17, 15) is 8.42 Å². The Morgan fingerprint density at radius 3 is 2.61 bits per heavy atom. The van der Waals surface area contributed by atoms with Crippen LogP contribution in [0.2, 0.25) is 0 Å². The van der Waals surface area contributed by atoms with E-state index in [-0.39, 0.29) is 6.04 Å². The third kappa shape index (κ3) is 4.46. The number of hydrogen-bond acceptors (Lipinski definition) is 4. The molecule has 18 heavy (non-hydrogen) atoms. The molecule has 1 atom stereocenters. The van der Waals surface area contributed by atoms with E-state index < -0.39 is 14.6 Å².